The Bertz CT molecular complexity index is 717. The van der Waals surface area contributed by atoms with Crippen molar-refractivity contribution in [2.75, 3.05) is 5.01 Å². The van der Waals surface area contributed by atoms with Crippen LogP contribution < -0.4 is 5.01 Å². The smallest absolute Gasteiger partial charge is 0.280 e. The number of halogens is 1. The Morgan fingerprint density at radius 1 is 1.30 bits per heavy atom. The average Bonchev–Trinajstić information content (AvgIpc) is 3.02. The van der Waals surface area contributed by atoms with Gasteiger partial charge in [-0.15, -0.1) is 0 Å². The minimum Gasteiger partial charge on any atom is -0.465 e. The maximum Gasteiger partial charge on any atom is 0.280 e. The molecule has 5 heteroatoms. The van der Waals surface area contributed by atoms with Crippen molar-refractivity contribution in [3.63, 3.8) is 0 Å². The normalized spacial score (nSPS) is 16.9. The predicted molar refractivity (Wildman–Crippen MR) is 78.7 cm³/mol. The van der Waals surface area contributed by atoms with Crippen molar-refractivity contribution < 1.29 is 9.21 Å². The first-order chi connectivity index (χ1) is 9.65. The van der Waals surface area contributed by atoms with Crippen molar-refractivity contribution in [2.24, 2.45) is 5.10 Å². The number of amides is 1. The summed E-state index contributed by atoms with van der Waals surface area (Å²) in [5.41, 5.74) is 1.80. The number of anilines is 1. The summed E-state index contributed by atoms with van der Waals surface area (Å²) in [6.45, 7) is 1.79. The minimum absolute atomic E-state index is 0.193. The zero-order valence-electron chi connectivity index (χ0n) is 10.7. The van der Waals surface area contributed by atoms with Crippen LogP contribution >= 0.6 is 11.6 Å². The second-order valence-corrected chi connectivity index (χ2v) is 4.79. The standard InChI is InChI=1S/C15H11ClN2O2/c1-10-14(9-13-6-3-7-20-13)15(19)18(17-10)12-5-2-4-11(16)8-12/h2-9H,1H3. The van der Waals surface area contributed by atoms with Gasteiger partial charge < -0.3 is 4.42 Å². The molecule has 0 fully saturated rings. The Balaban J connectivity index is 1.97. The van der Waals surface area contributed by atoms with Crippen LogP contribution in [0.25, 0.3) is 6.08 Å². The topological polar surface area (TPSA) is 45.8 Å². The number of nitrogens with zero attached hydrogens (tertiary/aromatic N) is 2. The summed E-state index contributed by atoms with van der Waals surface area (Å²) in [4.78, 5) is 12.4. The van der Waals surface area contributed by atoms with Crippen LogP contribution in [0.3, 0.4) is 0 Å². The number of hydrogen-bond acceptors (Lipinski definition) is 3. The van der Waals surface area contributed by atoms with Gasteiger partial charge in [-0.25, -0.2) is 0 Å². The van der Waals surface area contributed by atoms with Crippen LogP contribution in [0.15, 0.2) is 57.8 Å². The lowest BCUT2D eigenvalue weighted by Gasteiger charge is -2.11. The van der Waals surface area contributed by atoms with E-state index < -0.39 is 0 Å². The number of rotatable bonds is 2. The summed E-state index contributed by atoms with van der Waals surface area (Å²) >= 11 is 5.94. The van der Waals surface area contributed by atoms with E-state index in [0.29, 0.717) is 27.8 Å². The highest BCUT2D eigenvalue weighted by atomic mass is 35.5. The number of furan rings is 1. The van der Waals surface area contributed by atoms with Crippen molar-refractivity contribution >= 4 is 35.0 Å². The van der Waals surface area contributed by atoms with Crippen LogP contribution in [-0.2, 0) is 4.79 Å². The van der Waals surface area contributed by atoms with Gasteiger partial charge in [-0.2, -0.15) is 10.1 Å². The Labute approximate surface area is 121 Å². The molecule has 0 atom stereocenters. The first-order valence-electron chi connectivity index (χ1n) is 6.06. The molecule has 2 aromatic rings. The molecule has 0 spiro atoms. The van der Waals surface area contributed by atoms with Crippen LogP contribution in [0, 0.1) is 0 Å². The number of hydrogen-bond donors (Lipinski definition) is 0. The summed E-state index contributed by atoms with van der Waals surface area (Å²) in [6, 6.07) is 10.6. The SMILES string of the molecule is CC1=NN(c2cccc(Cl)c2)C(=O)C1=Cc1ccco1. The molecule has 1 amide bonds. The Hall–Kier alpha value is -2.33. The zero-order valence-corrected chi connectivity index (χ0v) is 11.5. The van der Waals surface area contributed by atoms with E-state index >= 15 is 0 Å². The largest absolute Gasteiger partial charge is 0.465 e. The van der Waals surface area contributed by atoms with Gasteiger partial charge in [0.05, 0.1) is 23.2 Å². The monoisotopic (exact) mass is 286 g/mol. The molecule has 0 unspecified atom stereocenters. The maximum atomic E-state index is 12.4. The first-order valence-corrected chi connectivity index (χ1v) is 6.44. The van der Waals surface area contributed by atoms with Crippen LogP contribution in [0.4, 0.5) is 5.69 Å². The molecule has 0 bridgehead atoms. The predicted octanol–water partition coefficient (Wildman–Crippen LogP) is 3.74. The molecule has 1 aromatic heterocycles. The van der Waals surface area contributed by atoms with E-state index in [-0.39, 0.29) is 5.91 Å². The first kappa shape index (κ1) is 12.7. The molecule has 0 saturated carbocycles. The van der Waals surface area contributed by atoms with Gasteiger partial charge in [-0.3, -0.25) is 4.79 Å². The van der Waals surface area contributed by atoms with Crippen molar-refractivity contribution in [3.8, 4) is 0 Å². The highest BCUT2D eigenvalue weighted by Crippen LogP contribution is 2.26. The lowest BCUT2D eigenvalue weighted by Crippen LogP contribution is -2.21. The van der Waals surface area contributed by atoms with Gasteiger partial charge in [0.15, 0.2) is 0 Å². The Kier molecular flexibility index (Phi) is 3.16. The second kappa shape index (κ2) is 4.98. The fourth-order valence-corrected chi connectivity index (χ4v) is 2.17. The van der Waals surface area contributed by atoms with Gasteiger partial charge in [-0.1, -0.05) is 17.7 Å². The van der Waals surface area contributed by atoms with E-state index in [0.717, 1.165) is 0 Å². The minimum atomic E-state index is -0.193. The summed E-state index contributed by atoms with van der Waals surface area (Å²) in [7, 11) is 0. The number of benzene rings is 1. The average molecular weight is 287 g/mol. The molecule has 20 heavy (non-hydrogen) atoms. The van der Waals surface area contributed by atoms with Gasteiger partial charge in [0, 0.05) is 5.02 Å². The molecule has 0 saturated heterocycles. The number of hydrazone groups is 1. The lowest BCUT2D eigenvalue weighted by molar-refractivity contribution is -0.114. The fourth-order valence-electron chi connectivity index (χ4n) is 1.98. The van der Waals surface area contributed by atoms with Gasteiger partial charge >= 0.3 is 0 Å². The molecule has 0 radical (unpaired) electrons. The summed E-state index contributed by atoms with van der Waals surface area (Å²) in [5.74, 6) is 0.428. The van der Waals surface area contributed by atoms with Crippen molar-refractivity contribution in [3.05, 3.63) is 59.0 Å². The van der Waals surface area contributed by atoms with Crippen LogP contribution in [0.1, 0.15) is 12.7 Å². The van der Waals surface area contributed by atoms with Crippen molar-refractivity contribution in [1.82, 2.24) is 0 Å². The molecule has 3 rings (SSSR count). The summed E-state index contributed by atoms with van der Waals surface area (Å²) in [5, 5.41) is 6.18. The van der Waals surface area contributed by atoms with Gasteiger partial charge in [0.2, 0.25) is 0 Å². The Morgan fingerprint density at radius 2 is 2.15 bits per heavy atom. The van der Waals surface area contributed by atoms with E-state index in [1.54, 1.807) is 55.7 Å². The fraction of sp³-hybridized carbons (Fsp3) is 0.0667. The lowest BCUT2D eigenvalue weighted by atomic mass is 10.1. The van der Waals surface area contributed by atoms with Crippen molar-refractivity contribution in [2.45, 2.75) is 6.92 Å². The third kappa shape index (κ3) is 2.26. The number of carbonyl (C=O) groups excluding carboxylic acids is 1. The third-order valence-corrected chi connectivity index (χ3v) is 3.18. The quantitative estimate of drug-likeness (QED) is 0.790. The Morgan fingerprint density at radius 3 is 2.85 bits per heavy atom. The molecule has 1 aliphatic rings. The van der Waals surface area contributed by atoms with Gasteiger partial charge in [0.1, 0.15) is 5.76 Å². The van der Waals surface area contributed by atoms with E-state index in [1.807, 2.05) is 0 Å². The molecule has 0 N–H and O–H groups in total. The molecule has 0 aliphatic carbocycles. The summed E-state index contributed by atoms with van der Waals surface area (Å²) < 4.78 is 5.23. The zero-order chi connectivity index (χ0) is 14.1. The van der Waals surface area contributed by atoms with Crippen molar-refractivity contribution in [1.29, 1.82) is 0 Å². The molecule has 2 heterocycles. The van der Waals surface area contributed by atoms with Crippen LogP contribution in [0.5, 0.6) is 0 Å². The maximum absolute atomic E-state index is 12.4. The molecular weight excluding hydrogens is 276 g/mol. The van der Waals surface area contributed by atoms with Crippen LogP contribution in [-0.4, -0.2) is 11.6 Å². The van der Waals surface area contributed by atoms with Gasteiger partial charge in [-0.05, 0) is 43.3 Å². The molecular formula is C15H11ClN2O2. The van der Waals surface area contributed by atoms with E-state index in [9.17, 15) is 4.79 Å². The second-order valence-electron chi connectivity index (χ2n) is 4.36. The highest BCUT2D eigenvalue weighted by molar-refractivity contribution is 6.33. The molecule has 100 valence electrons. The number of carbonyl (C=O) groups is 1. The van der Waals surface area contributed by atoms with E-state index in [1.165, 1.54) is 5.01 Å². The van der Waals surface area contributed by atoms with E-state index in [2.05, 4.69) is 5.10 Å². The molecule has 4 nitrogen and oxygen atoms in total. The molecule has 1 aromatic carbocycles. The molecule has 1 aliphatic heterocycles. The third-order valence-electron chi connectivity index (χ3n) is 2.95. The van der Waals surface area contributed by atoms with Crippen LogP contribution in [0.2, 0.25) is 5.02 Å². The van der Waals surface area contributed by atoms with E-state index in [4.69, 9.17) is 16.0 Å². The van der Waals surface area contributed by atoms with Gasteiger partial charge in [0.25, 0.3) is 5.91 Å². The summed E-state index contributed by atoms with van der Waals surface area (Å²) in [6.07, 6.45) is 3.25. The highest BCUT2D eigenvalue weighted by Gasteiger charge is 2.28.